The number of carbonyl (C=O) groups excluding carboxylic acids is 1. The molecule has 1 aromatic carbocycles. The number of carbonyl (C=O) groups is 1. The van der Waals surface area contributed by atoms with Crippen LogP contribution in [0.15, 0.2) is 41.3 Å². The molecule has 8 nitrogen and oxygen atoms in total. The molecule has 2 aliphatic rings. The Kier molecular flexibility index (Phi) is 4.84. The summed E-state index contributed by atoms with van der Waals surface area (Å²) >= 11 is 0. The highest BCUT2D eigenvalue weighted by molar-refractivity contribution is 5.91. The van der Waals surface area contributed by atoms with Gasteiger partial charge in [0.1, 0.15) is 11.6 Å². The molecule has 2 aromatic heterocycles. The Morgan fingerprint density at radius 3 is 2.84 bits per heavy atom. The molecular formula is C22H23F2N5O3. The molecule has 2 N–H and O–H groups in total. The second kappa shape index (κ2) is 7.70. The molecule has 0 unspecified atom stereocenters. The second-order valence-corrected chi connectivity index (χ2v) is 7.83. The largest absolute Gasteiger partial charge is 0.481 e. The van der Waals surface area contributed by atoms with Crippen LogP contribution in [0.3, 0.4) is 0 Å². The fraction of sp³-hybridized carbons (Fsp3) is 0.273. The average Bonchev–Trinajstić information content (AvgIpc) is 3.11. The number of nitrogens with zero attached hydrogens (tertiary/aromatic N) is 3. The minimum Gasteiger partial charge on any atom is -0.481 e. The summed E-state index contributed by atoms with van der Waals surface area (Å²) in [5.74, 6) is -1.10. The molecule has 1 saturated heterocycles. The lowest BCUT2D eigenvalue weighted by molar-refractivity contribution is 0.177. The molecule has 0 spiro atoms. The van der Waals surface area contributed by atoms with Gasteiger partial charge in [0.2, 0.25) is 5.88 Å². The van der Waals surface area contributed by atoms with Gasteiger partial charge in [0.25, 0.3) is 5.56 Å². The van der Waals surface area contributed by atoms with Gasteiger partial charge < -0.3 is 15.0 Å². The van der Waals surface area contributed by atoms with Gasteiger partial charge in [-0.05, 0) is 37.0 Å². The lowest BCUT2D eigenvalue weighted by atomic mass is 9.99. The highest BCUT2D eigenvalue weighted by Crippen LogP contribution is 2.42. The summed E-state index contributed by atoms with van der Waals surface area (Å²) in [6, 6.07) is 5.63. The highest BCUT2D eigenvalue weighted by Gasteiger charge is 2.44. The van der Waals surface area contributed by atoms with Gasteiger partial charge in [0, 0.05) is 44.4 Å². The van der Waals surface area contributed by atoms with Gasteiger partial charge in [-0.2, -0.15) is 5.10 Å². The molecule has 0 radical (unpaired) electrons. The van der Waals surface area contributed by atoms with Crippen molar-refractivity contribution in [2.24, 2.45) is 0 Å². The number of fused-ring (bicyclic) bond motifs is 4. The van der Waals surface area contributed by atoms with E-state index in [4.69, 9.17) is 4.74 Å². The number of halogens is 2. The van der Waals surface area contributed by atoms with Crippen LogP contribution in [0.4, 0.5) is 19.3 Å². The fourth-order valence-electron chi connectivity index (χ4n) is 4.52. The molecule has 2 aliphatic heterocycles. The van der Waals surface area contributed by atoms with Crippen molar-refractivity contribution in [3.63, 3.8) is 0 Å². The van der Waals surface area contributed by atoms with Crippen LogP contribution < -0.4 is 15.6 Å². The molecule has 2 bridgehead atoms. The summed E-state index contributed by atoms with van der Waals surface area (Å²) in [7, 11) is 1.46. The molecule has 0 aliphatic carbocycles. The first kappa shape index (κ1) is 20.1. The number of rotatable bonds is 3. The van der Waals surface area contributed by atoms with Crippen LogP contribution in [-0.2, 0) is 6.42 Å². The van der Waals surface area contributed by atoms with Gasteiger partial charge >= 0.3 is 6.03 Å². The Morgan fingerprint density at radius 1 is 1.25 bits per heavy atom. The molecule has 10 heteroatoms. The molecule has 32 heavy (non-hydrogen) atoms. The minimum atomic E-state index is -0.766. The zero-order valence-corrected chi connectivity index (χ0v) is 17.1. The molecule has 4 heterocycles. The van der Waals surface area contributed by atoms with Gasteiger partial charge in [-0.3, -0.25) is 4.79 Å². The summed E-state index contributed by atoms with van der Waals surface area (Å²) < 4.78 is 34.5. The Labute approximate surface area is 184 Å². The number of aromatic amines is 1. The zero-order chi connectivity index (χ0) is 22.4. The Morgan fingerprint density at radius 2 is 2.09 bits per heavy atom. The summed E-state index contributed by atoms with van der Waals surface area (Å²) in [4.78, 5) is 30.2. The van der Waals surface area contributed by atoms with Crippen molar-refractivity contribution < 1.29 is 21.2 Å². The Hall–Kier alpha value is -3.82. The lowest BCUT2D eigenvalue weighted by Gasteiger charge is -2.35. The Bertz CT molecular complexity index is 1270. The third-order valence-corrected chi connectivity index (χ3v) is 5.98. The number of ether oxygens (including phenoxy) is 1. The predicted molar refractivity (Wildman–Crippen MR) is 116 cm³/mol. The summed E-state index contributed by atoms with van der Waals surface area (Å²) in [6.07, 6.45) is 3.30. The topological polar surface area (TPSA) is 100 Å². The van der Waals surface area contributed by atoms with Crippen LogP contribution in [-0.4, -0.2) is 39.3 Å². The quantitative estimate of drug-likeness (QED) is 0.640. The molecular weight excluding hydrogens is 420 g/mol. The van der Waals surface area contributed by atoms with Gasteiger partial charge in [0.15, 0.2) is 0 Å². The third-order valence-electron chi connectivity index (χ3n) is 5.98. The van der Waals surface area contributed by atoms with E-state index in [1.54, 1.807) is 17.0 Å². The molecule has 2 atom stereocenters. The maximum atomic E-state index is 14.8. The van der Waals surface area contributed by atoms with Crippen molar-refractivity contribution in [2.45, 2.75) is 31.3 Å². The van der Waals surface area contributed by atoms with E-state index in [9.17, 15) is 18.4 Å². The van der Waals surface area contributed by atoms with Crippen LogP contribution >= 0.6 is 0 Å². The number of anilines is 1. The van der Waals surface area contributed by atoms with Crippen molar-refractivity contribution in [1.82, 2.24) is 20.1 Å². The Balaban J connectivity index is 0.00000162. The number of amides is 2. The van der Waals surface area contributed by atoms with E-state index in [0.29, 0.717) is 30.0 Å². The number of nitrogens with one attached hydrogen (secondary N) is 2. The smallest absolute Gasteiger partial charge is 0.322 e. The fourth-order valence-corrected chi connectivity index (χ4v) is 4.52. The molecule has 2 amide bonds. The van der Waals surface area contributed by atoms with Crippen molar-refractivity contribution in [3.05, 3.63) is 69.8 Å². The van der Waals surface area contributed by atoms with Crippen molar-refractivity contribution >= 4 is 11.7 Å². The normalized spacial score (nSPS) is 18.9. The molecule has 0 saturated carbocycles. The first-order valence-corrected chi connectivity index (χ1v) is 10.1. The van der Waals surface area contributed by atoms with E-state index in [2.05, 4.69) is 20.5 Å². The number of H-pyrrole nitrogens is 1. The lowest BCUT2D eigenvalue weighted by Crippen LogP contribution is -2.45. The average molecular weight is 443 g/mol. The van der Waals surface area contributed by atoms with E-state index >= 15 is 0 Å². The van der Waals surface area contributed by atoms with Crippen molar-refractivity contribution in [1.29, 1.82) is 0 Å². The summed E-state index contributed by atoms with van der Waals surface area (Å²) in [5.41, 5.74) is 1.33. The van der Waals surface area contributed by atoms with Gasteiger partial charge in [0.05, 0.1) is 24.5 Å². The van der Waals surface area contributed by atoms with Gasteiger partial charge in [-0.15, -0.1) is 0 Å². The summed E-state index contributed by atoms with van der Waals surface area (Å²) in [5, 5.41) is 9.03. The molecule has 168 valence electrons. The van der Waals surface area contributed by atoms with Crippen LogP contribution in [0.1, 0.15) is 33.0 Å². The third kappa shape index (κ3) is 3.37. The van der Waals surface area contributed by atoms with Crippen molar-refractivity contribution in [2.75, 3.05) is 12.4 Å². The molecule has 3 aromatic rings. The standard InChI is InChI=1S/C22H19F2N5O3.2H2/c1-32-20-5-2-11(10-25-20)14-8-16(24)17(9-15(14)23)26-22(31)29-13-3-4-18(29)21-12(6-13)7-19(30)27-28-21;;/h2,5,7-10,13,18H,3-4,6H2,1H3,(H,26,31)(H,27,30);2*1H/t13-,18+;;/m0../s1. The number of benzene rings is 1. The highest BCUT2D eigenvalue weighted by atomic mass is 19.1. The van der Waals surface area contributed by atoms with E-state index in [1.165, 1.54) is 19.4 Å². The zero-order valence-electron chi connectivity index (χ0n) is 17.1. The van der Waals surface area contributed by atoms with Gasteiger partial charge in [-0.1, -0.05) is 0 Å². The van der Waals surface area contributed by atoms with E-state index in [1.807, 2.05) is 0 Å². The SMILES string of the molecule is COc1ccc(-c2cc(F)c(NC(=O)N3[C@H]4CC[C@@H]3c3n[nH]c(=O)cc3C4)cc2F)cn1.[HH].[HH]. The maximum absolute atomic E-state index is 14.8. The summed E-state index contributed by atoms with van der Waals surface area (Å²) in [6.45, 7) is 0. The van der Waals surface area contributed by atoms with E-state index < -0.39 is 17.7 Å². The van der Waals surface area contributed by atoms with Crippen LogP contribution in [0.2, 0.25) is 0 Å². The molecule has 5 rings (SSSR count). The number of methoxy groups -OCH3 is 1. The number of urea groups is 1. The number of hydrogen-bond acceptors (Lipinski definition) is 5. The monoisotopic (exact) mass is 443 g/mol. The van der Waals surface area contributed by atoms with Crippen LogP contribution in [0.25, 0.3) is 11.1 Å². The molecule has 1 fully saturated rings. The van der Waals surface area contributed by atoms with Gasteiger partial charge in [-0.25, -0.2) is 23.7 Å². The first-order valence-electron chi connectivity index (χ1n) is 10.1. The van der Waals surface area contributed by atoms with E-state index in [0.717, 1.165) is 24.1 Å². The van der Waals surface area contributed by atoms with Crippen LogP contribution in [0.5, 0.6) is 5.88 Å². The second-order valence-electron chi connectivity index (χ2n) is 7.83. The predicted octanol–water partition coefficient (Wildman–Crippen LogP) is 3.90. The van der Waals surface area contributed by atoms with E-state index in [-0.39, 0.29) is 31.7 Å². The van der Waals surface area contributed by atoms with Crippen molar-refractivity contribution in [3.8, 4) is 17.0 Å². The minimum absolute atomic E-state index is 0. The first-order chi connectivity index (χ1) is 15.4. The number of hydrogen-bond donors (Lipinski definition) is 2. The number of pyridine rings is 1. The number of aromatic nitrogens is 3. The van der Waals surface area contributed by atoms with Crippen LogP contribution in [0, 0.1) is 11.6 Å². The maximum Gasteiger partial charge on any atom is 0.322 e.